The van der Waals surface area contributed by atoms with E-state index in [9.17, 15) is 0 Å². The van der Waals surface area contributed by atoms with Gasteiger partial charge in [-0.1, -0.05) is 0 Å². The van der Waals surface area contributed by atoms with E-state index in [0.717, 1.165) is 12.2 Å². The summed E-state index contributed by atoms with van der Waals surface area (Å²) in [6, 6.07) is 6.17. The average molecular weight is 260 g/mol. The van der Waals surface area contributed by atoms with Crippen LogP contribution in [0.3, 0.4) is 0 Å². The molecule has 3 aromatic rings. The molecule has 7 heteroatoms. The van der Waals surface area contributed by atoms with Gasteiger partial charge in [0, 0.05) is 6.04 Å². The maximum Gasteiger partial charge on any atom is 0.200 e. The monoisotopic (exact) mass is 260 g/mol. The number of hydrogen-bond donors (Lipinski definition) is 1. The summed E-state index contributed by atoms with van der Waals surface area (Å²) in [5.41, 5.74) is 1.98. The van der Waals surface area contributed by atoms with Crippen molar-refractivity contribution in [2.24, 2.45) is 0 Å². The highest BCUT2D eigenvalue weighted by Gasteiger charge is 2.06. The third kappa shape index (κ3) is 2.30. The molecule has 3 aromatic heterocycles. The van der Waals surface area contributed by atoms with Gasteiger partial charge in [0.1, 0.15) is 5.82 Å². The first-order valence-electron chi connectivity index (χ1n) is 5.64. The lowest BCUT2D eigenvalue weighted by Gasteiger charge is -2.13. The summed E-state index contributed by atoms with van der Waals surface area (Å²) in [6.45, 7) is 2.13. The average Bonchev–Trinajstić information content (AvgIpc) is 2.98. The van der Waals surface area contributed by atoms with Crippen molar-refractivity contribution in [3.05, 3.63) is 34.5 Å². The molecule has 18 heavy (non-hydrogen) atoms. The lowest BCUT2D eigenvalue weighted by molar-refractivity contribution is 0.720. The number of fused-ring (bicyclic) bond motifs is 1. The van der Waals surface area contributed by atoms with E-state index in [0.29, 0.717) is 11.7 Å². The summed E-state index contributed by atoms with van der Waals surface area (Å²) in [5.74, 6) is 0.775. The molecule has 0 aliphatic heterocycles. The molecule has 92 valence electrons. The van der Waals surface area contributed by atoms with Gasteiger partial charge in [-0.2, -0.15) is 11.3 Å². The Morgan fingerprint density at radius 3 is 3.17 bits per heavy atom. The van der Waals surface area contributed by atoms with E-state index in [4.69, 9.17) is 0 Å². The van der Waals surface area contributed by atoms with E-state index in [2.05, 4.69) is 49.7 Å². The normalized spacial score (nSPS) is 12.7. The molecule has 0 aliphatic rings. The topological polar surface area (TPSA) is 68.0 Å². The van der Waals surface area contributed by atoms with Gasteiger partial charge in [0.25, 0.3) is 0 Å². The van der Waals surface area contributed by atoms with Crippen molar-refractivity contribution in [2.75, 3.05) is 5.32 Å². The quantitative estimate of drug-likeness (QED) is 0.772. The van der Waals surface area contributed by atoms with Crippen LogP contribution in [0.15, 0.2) is 29.0 Å². The first-order chi connectivity index (χ1) is 8.81. The van der Waals surface area contributed by atoms with Crippen molar-refractivity contribution in [3.8, 4) is 0 Å². The van der Waals surface area contributed by atoms with E-state index >= 15 is 0 Å². The van der Waals surface area contributed by atoms with Gasteiger partial charge in [0.05, 0.1) is 0 Å². The Kier molecular flexibility index (Phi) is 2.89. The fourth-order valence-corrected chi connectivity index (χ4v) is 2.47. The molecule has 0 saturated heterocycles. The van der Waals surface area contributed by atoms with Crippen LogP contribution in [0.4, 0.5) is 5.82 Å². The SMILES string of the molecule is CC(Cc1ccsc1)Nc1ccc2nnnn2n1. The Bertz CT molecular complexity index is 632. The van der Waals surface area contributed by atoms with E-state index in [1.54, 1.807) is 11.3 Å². The van der Waals surface area contributed by atoms with Crippen LogP contribution in [0.2, 0.25) is 0 Å². The number of anilines is 1. The largest absolute Gasteiger partial charge is 0.366 e. The number of rotatable bonds is 4. The summed E-state index contributed by atoms with van der Waals surface area (Å²) >= 11 is 1.72. The van der Waals surface area contributed by atoms with Gasteiger partial charge in [0.15, 0.2) is 5.65 Å². The summed E-state index contributed by atoms with van der Waals surface area (Å²) < 4.78 is 1.42. The zero-order chi connectivity index (χ0) is 12.4. The standard InChI is InChI=1S/C11H12N6S/c1-8(6-9-4-5-18-7-9)12-10-2-3-11-13-15-16-17(11)14-10/h2-5,7-8H,6H2,1H3,(H,12,14). The molecule has 0 aliphatic carbocycles. The molecular weight excluding hydrogens is 248 g/mol. The third-order valence-corrected chi connectivity index (χ3v) is 3.32. The summed E-state index contributed by atoms with van der Waals surface area (Å²) in [7, 11) is 0. The van der Waals surface area contributed by atoms with Crippen molar-refractivity contribution in [3.63, 3.8) is 0 Å². The maximum atomic E-state index is 4.28. The lowest BCUT2D eigenvalue weighted by atomic mass is 10.1. The Morgan fingerprint density at radius 1 is 1.39 bits per heavy atom. The smallest absolute Gasteiger partial charge is 0.200 e. The van der Waals surface area contributed by atoms with Gasteiger partial charge in [-0.3, -0.25) is 0 Å². The fourth-order valence-electron chi connectivity index (χ4n) is 1.79. The third-order valence-electron chi connectivity index (χ3n) is 2.59. The van der Waals surface area contributed by atoms with Crippen LogP contribution in [0.25, 0.3) is 5.65 Å². The molecule has 3 rings (SSSR count). The summed E-state index contributed by atoms with van der Waals surface area (Å²) in [6.07, 6.45) is 0.971. The van der Waals surface area contributed by atoms with Crippen LogP contribution in [0, 0.1) is 0 Å². The minimum absolute atomic E-state index is 0.307. The van der Waals surface area contributed by atoms with Crippen molar-refractivity contribution < 1.29 is 0 Å². The molecule has 1 unspecified atom stereocenters. The molecule has 0 spiro atoms. The minimum atomic E-state index is 0.307. The van der Waals surface area contributed by atoms with Crippen molar-refractivity contribution in [1.82, 2.24) is 25.3 Å². The molecule has 1 atom stereocenters. The van der Waals surface area contributed by atoms with Crippen LogP contribution < -0.4 is 5.32 Å². The molecule has 1 N–H and O–H groups in total. The Hall–Kier alpha value is -2.02. The first kappa shape index (κ1) is 11.1. The molecule has 0 amide bonds. The Balaban J connectivity index is 1.71. The molecule has 0 bridgehead atoms. The zero-order valence-electron chi connectivity index (χ0n) is 9.82. The molecule has 0 radical (unpaired) electrons. The zero-order valence-corrected chi connectivity index (χ0v) is 10.6. The predicted octanol–water partition coefficient (Wildman–Crippen LogP) is 1.62. The second-order valence-electron chi connectivity index (χ2n) is 4.13. The van der Waals surface area contributed by atoms with Gasteiger partial charge in [-0.25, -0.2) is 0 Å². The minimum Gasteiger partial charge on any atom is -0.366 e. The molecule has 3 heterocycles. The van der Waals surface area contributed by atoms with E-state index in [1.165, 1.54) is 10.2 Å². The van der Waals surface area contributed by atoms with Gasteiger partial charge in [-0.05, 0) is 58.3 Å². The molecular formula is C11H12N6S. The van der Waals surface area contributed by atoms with E-state index in [1.807, 2.05) is 12.1 Å². The second-order valence-corrected chi connectivity index (χ2v) is 4.91. The van der Waals surface area contributed by atoms with E-state index < -0.39 is 0 Å². The number of aromatic nitrogens is 5. The summed E-state index contributed by atoms with van der Waals surface area (Å²) in [5, 5.41) is 23.0. The highest BCUT2D eigenvalue weighted by atomic mass is 32.1. The fraction of sp³-hybridized carbons (Fsp3) is 0.273. The van der Waals surface area contributed by atoms with Gasteiger partial charge >= 0.3 is 0 Å². The van der Waals surface area contributed by atoms with Crippen LogP contribution in [-0.4, -0.2) is 31.3 Å². The Labute approximate surface area is 108 Å². The van der Waals surface area contributed by atoms with Crippen LogP contribution in [0.5, 0.6) is 0 Å². The van der Waals surface area contributed by atoms with Crippen molar-refractivity contribution in [1.29, 1.82) is 0 Å². The number of tetrazole rings is 1. The molecule has 0 saturated carbocycles. The highest BCUT2D eigenvalue weighted by Crippen LogP contribution is 2.11. The summed E-state index contributed by atoms with van der Waals surface area (Å²) in [4.78, 5) is 0. The van der Waals surface area contributed by atoms with Crippen LogP contribution >= 0.6 is 11.3 Å². The predicted molar refractivity (Wildman–Crippen MR) is 69.7 cm³/mol. The van der Waals surface area contributed by atoms with Gasteiger partial charge in [-0.15, -0.1) is 14.8 Å². The Morgan fingerprint density at radius 2 is 2.33 bits per heavy atom. The van der Waals surface area contributed by atoms with Crippen molar-refractivity contribution in [2.45, 2.75) is 19.4 Å². The molecule has 0 fully saturated rings. The second kappa shape index (κ2) is 4.69. The van der Waals surface area contributed by atoms with Gasteiger partial charge < -0.3 is 5.32 Å². The maximum absolute atomic E-state index is 4.28. The van der Waals surface area contributed by atoms with Crippen molar-refractivity contribution >= 4 is 22.8 Å². The first-order valence-corrected chi connectivity index (χ1v) is 6.58. The lowest BCUT2D eigenvalue weighted by Crippen LogP contribution is -2.19. The van der Waals surface area contributed by atoms with E-state index in [-0.39, 0.29) is 0 Å². The number of hydrogen-bond acceptors (Lipinski definition) is 6. The van der Waals surface area contributed by atoms with Crippen LogP contribution in [0.1, 0.15) is 12.5 Å². The number of nitrogens with zero attached hydrogens (tertiary/aromatic N) is 5. The molecule has 6 nitrogen and oxygen atoms in total. The number of thiophene rings is 1. The van der Waals surface area contributed by atoms with Crippen LogP contribution in [-0.2, 0) is 6.42 Å². The number of nitrogens with one attached hydrogen (secondary N) is 1. The van der Waals surface area contributed by atoms with Gasteiger partial charge in [0.2, 0.25) is 0 Å². The molecule has 0 aromatic carbocycles. The highest BCUT2D eigenvalue weighted by molar-refractivity contribution is 7.07.